The van der Waals surface area contributed by atoms with E-state index < -0.39 is 11.6 Å². The number of urea groups is 1. The SMILES string of the molecule is CN1CCN(C(=O)CCNC(=O)N2CCCC2c2ccc(F)c(F)c2)CC1. The van der Waals surface area contributed by atoms with E-state index in [0.717, 1.165) is 31.6 Å². The van der Waals surface area contributed by atoms with Gasteiger partial charge in [-0.2, -0.15) is 0 Å². The second-order valence-electron chi connectivity index (χ2n) is 7.19. The molecule has 0 spiro atoms. The summed E-state index contributed by atoms with van der Waals surface area (Å²) in [6.07, 6.45) is 1.77. The zero-order valence-electron chi connectivity index (χ0n) is 15.6. The Bertz CT molecular complexity index is 692. The lowest BCUT2D eigenvalue weighted by Gasteiger charge is -2.32. The molecule has 0 bridgehead atoms. The predicted molar refractivity (Wildman–Crippen MR) is 97.1 cm³/mol. The minimum absolute atomic E-state index is 0.0435. The molecule has 2 fully saturated rings. The summed E-state index contributed by atoms with van der Waals surface area (Å²) in [4.78, 5) is 30.4. The van der Waals surface area contributed by atoms with E-state index in [4.69, 9.17) is 0 Å². The van der Waals surface area contributed by atoms with Crippen LogP contribution in [0.15, 0.2) is 18.2 Å². The molecule has 148 valence electrons. The summed E-state index contributed by atoms with van der Waals surface area (Å²) in [7, 11) is 2.03. The van der Waals surface area contributed by atoms with Crippen molar-refractivity contribution in [3.8, 4) is 0 Å². The molecule has 0 saturated carbocycles. The number of carbonyl (C=O) groups excluding carboxylic acids is 2. The van der Waals surface area contributed by atoms with Gasteiger partial charge < -0.3 is 20.0 Å². The average molecular weight is 380 g/mol. The summed E-state index contributed by atoms with van der Waals surface area (Å²) in [6.45, 7) is 3.98. The molecule has 1 atom stereocenters. The molecule has 0 radical (unpaired) electrons. The predicted octanol–water partition coefficient (Wildman–Crippen LogP) is 1.98. The van der Waals surface area contributed by atoms with Crippen LogP contribution in [0.4, 0.5) is 13.6 Å². The van der Waals surface area contributed by atoms with Crippen LogP contribution in [0.1, 0.15) is 30.9 Å². The fourth-order valence-corrected chi connectivity index (χ4v) is 3.67. The van der Waals surface area contributed by atoms with E-state index in [9.17, 15) is 18.4 Å². The summed E-state index contributed by atoms with van der Waals surface area (Å²) < 4.78 is 26.7. The summed E-state index contributed by atoms with van der Waals surface area (Å²) in [5, 5.41) is 2.79. The van der Waals surface area contributed by atoms with Crippen molar-refractivity contribution in [1.82, 2.24) is 20.0 Å². The maximum atomic E-state index is 13.5. The average Bonchev–Trinajstić information content (AvgIpc) is 3.14. The molecule has 1 N–H and O–H groups in total. The molecule has 3 rings (SSSR count). The van der Waals surface area contributed by atoms with Gasteiger partial charge in [-0.05, 0) is 37.6 Å². The second kappa shape index (κ2) is 8.65. The van der Waals surface area contributed by atoms with Crippen LogP contribution in [0, 0.1) is 11.6 Å². The highest BCUT2D eigenvalue weighted by Crippen LogP contribution is 2.32. The number of rotatable bonds is 4. The second-order valence-corrected chi connectivity index (χ2v) is 7.19. The van der Waals surface area contributed by atoms with Gasteiger partial charge in [-0.3, -0.25) is 4.79 Å². The van der Waals surface area contributed by atoms with Crippen LogP contribution in [0.5, 0.6) is 0 Å². The number of nitrogens with one attached hydrogen (secondary N) is 1. The van der Waals surface area contributed by atoms with Gasteiger partial charge in [0.15, 0.2) is 11.6 Å². The third-order valence-corrected chi connectivity index (χ3v) is 5.31. The molecule has 0 aromatic heterocycles. The van der Waals surface area contributed by atoms with E-state index in [1.165, 1.54) is 6.07 Å². The first-order valence-corrected chi connectivity index (χ1v) is 9.41. The number of carbonyl (C=O) groups is 2. The first kappa shape index (κ1) is 19.5. The number of likely N-dealkylation sites (N-methyl/N-ethyl adjacent to an activating group) is 1. The number of halogens is 2. The molecule has 8 heteroatoms. The zero-order chi connectivity index (χ0) is 19.4. The Morgan fingerprint density at radius 1 is 1.11 bits per heavy atom. The van der Waals surface area contributed by atoms with Crippen LogP contribution in [0.25, 0.3) is 0 Å². The maximum Gasteiger partial charge on any atom is 0.317 e. The standard InChI is InChI=1S/C19H26F2N4O2/c1-23-9-11-24(12-10-23)18(26)6-7-22-19(27)25-8-2-3-17(25)14-4-5-15(20)16(21)13-14/h4-5,13,17H,2-3,6-12H2,1H3,(H,22,27). The minimum Gasteiger partial charge on any atom is -0.340 e. The highest BCUT2D eigenvalue weighted by Gasteiger charge is 2.30. The molecule has 2 heterocycles. The number of piperazine rings is 1. The van der Waals surface area contributed by atoms with Gasteiger partial charge >= 0.3 is 6.03 Å². The van der Waals surface area contributed by atoms with Crippen molar-refractivity contribution in [3.63, 3.8) is 0 Å². The molecule has 2 aliphatic rings. The van der Waals surface area contributed by atoms with E-state index in [2.05, 4.69) is 10.2 Å². The maximum absolute atomic E-state index is 13.5. The number of hydrogen-bond acceptors (Lipinski definition) is 3. The van der Waals surface area contributed by atoms with Crippen molar-refractivity contribution < 1.29 is 18.4 Å². The number of benzene rings is 1. The smallest absolute Gasteiger partial charge is 0.317 e. The fraction of sp³-hybridized carbons (Fsp3) is 0.579. The van der Waals surface area contributed by atoms with Crippen LogP contribution >= 0.6 is 0 Å². The van der Waals surface area contributed by atoms with E-state index >= 15 is 0 Å². The van der Waals surface area contributed by atoms with Crippen molar-refractivity contribution in [3.05, 3.63) is 35.4 Å². The number of nitrogens with zero attached hydrogens (tertiary/aromatic N) is 3. The van der Waals surface area contributed by atoms with E-state index in [1.807, 2.05) is 11.9 Å². The van der Waals surface area contributed by atoms with Gasteiger partial charge in [-0.25, -0.2) is 13.6 Å². The molecule has 3 amide bonds. The van der Waals surface area contributed by atoms with Crippen molar-refractivity contribution in [2.45, 2.75) is 25.3 Å². The van der Waals surface area contributed by atoms with Crippen molar-refractivity contribution in [2.75, 3.05) is 46.3 Å². The number of likely N-dealkylation sites (tertiary alicyclic amines) is 1. The molecular weight excluding hydrogens is 354 g/mol. The first-order chi connectivity index (χ1) is 13.0. The van der Waals surface area contributed by atoms with Crippen molar-refractivity contribution in [1.29, 1.82) is 0 Å². The highest BCUT2D eigenvalue weighted by molar-refractivity contribution is 5.78. The topological polar surface area (TPSA) is 55.9 Å². The van der Waals surface area contributed by atoms with Gasteiger partial charge in [0.1, 0.15) is 0 Å². The van der Waals surface area contributed by atoms with Gasteiger partial charge in [0.25, 0.3) is 0 Å². The van der Waals surface area contributed by atoms with Crippen LogP contribution < -0.4 is 5.32 Å². The third kappa shape index (κ3) is 4.74. The number of hydrogen-bond donors (Lipinski definition) is 1. The summed E-state index contributed by atoms with van der Waals surface area (Å²) >= 11 is 0. The molecule has 27 heavy (non-hydrogen) atoms. The first-order valence-electron chi connectivity index (χ1n) is 9.41. The normalized spacial score (nSPS) is 20.8. The molecule has 0 aliphatic carbocycles. The molecule has 6 nitrogen and oxygen atoms in total. The van der Waals surface area contributed by atoms with Crippen LogP contribution in [0.2, 0.25) is 0 Å². The molecule has 2 aliphatic heterocycles. The van der Waals surface area contributed by atoms with Crippen molar-refractivity contribution in [2.24, 2.45) is 0 Å². The molecule has 1 aromatic carbocycles. The quantitative estimate of drug-likeness (QED) is 0.869. The Hall–Kier alpha value is -2.22. The highest BCUT2D eigenvalue weighted by atomic mass is 19.2. The minimum atomic E-state index is -0.905. The van der Waals surface area contributed by atoms with Crippen molar-refractivity contribution >= 4 is 11.9 Å². The molecular formula is C19H26F2N4O2. The van der Waals surface area contributed by atoms with E-state index in [-0.39, 0.29) is 30.9 Å². The van der Waals surface area contributed by atoms with Gasteiger partial charge in [-0.1, -0.05) is 6.07 Å². The monoisotopic (exact) mass is 380 g/mol. The van der Waals surface area contributed by atoms with Gasteiger partial charge in [0.2, 0.25) is 5.91 Å². The summed E-state index contributed by atoms with van der Waals surface area (Å²) in [5.74, 6) is -1.75. The van der Waals surface area contributed by atoms with Crippen LogP contribution in [-0.4, -0.2) is 73.0 Å². The third-order valence-electron chi connectivity index (χ3n) is 5.31. The van der Waals surface area contributed by atoms with Gasteiger partial charge in [-0.15, -0.1) is 0 Å². The lowest BCUT2D eigenvalue weighted by Crippen LogP contribution is -2.48. The lowest BCUT2D eigenvalue weighted by molar-refractivity contribution is -0.132. The van der Waals surface area contributed by atoms with E-state index in [0.29, 0.717) is 31.6 Å². The van der Waals surface area contributed by atoms with Gasteiger partial charge in [0.05, 0.1) is 6.04 Å². The fourth-order valence-electron chi connectivity index (χ4n) is 3.67. The molecule has 1 unspecified atom stereocenters. The largest absolute Gasteiger partial charge is 0.340 e. The summed E-state index contributed by atoms with van der Waals surface area (Å²) in [5.41, 5.74) is 0.593. The van der Waals surface area contributed by atoms with Crippen LogP contribution in [-0.2, 0) is 4.79 Å². The van der Waals surface area contributed by atoms with Gasteiger partial charge in [0, 0.05) is 45.7 Å². The molecule has 1 aromatic rings. The van der Waals surface area contributed by atoms with E-state index in [1.54, 1.807) is 4.90 Å². The Morgan fingerprint density at radius 3 is 2.56 bits per heavy atom. The summed E-state index contributed by atoms with van der Waals surface area (Å²) in [6, 6.07) is 3.23. The Kier molecular flexibility index (Phi) is 6.26. The Labute approximate surface area is 158 Å². The Balaban J connectivity index is 1.49. The number of amides is 3. The van der Waals surface area contributed by atoms with Crippen LogP contribution in [0.3, 0.4) is 0 Å². The lowest BCUT2D eigenvalue weighted by atomic mass is 10.0. The Morgan fingerprint density at radius 2 is 1.85 bits per heavy atom. The molecule has 2 saturated heterocycles. The zero-order valence-corrected chi connectivity index (χ0v) is 15.6.